The molecule has 1 aromatic heterocycles. The first kappa shape index (κ1) is 12.1. The zero-order valence-electron chi connectivity index (χ0n) is 9.82. The van der Waals surface area contributed by atoms with Crippen molar-refractivity contribution in [2.24, 2.45) is 0 Å². The Hall–Kier alpha value is -1.00. The van der Waals surface area contributed by atoms with Crippen LogP contribution in [-0.4, -0.2) is 41.5 Å². The van der Waals surface area contributed by atoms with Crippen molar-refractivity contribution in [3.8, 4) is 0 Å². The van der Waals surface area contributed by atoms with E-state index in [0.29, 0.717) is 0 Å². The molecule has 0 bridgehead atoms. The fourth-order valence-corrected chi connectivity index (χ4v) is 1.16. The fourth-order valence-electron chi connectivity index (χ4n) is 1.16. The molecule has 1 rings (SSSR count). The average molecular weight is 208 g/mol. The molecule has 0 aliphatic rings. The van der Waals surface area contributed by atoms with Gasteiger partial charge in [-0.2, -0.15) is 0 Å². The standard InChI is InChI=1S/C11H20N4/c1-4-15(3)6-5-12-8-11-9-13-10(2)7-14-11/h7,9,12H,4-6,8H2,1-3H3. The minimum Gasteiger partial charge on any atom is -0.310 e. The topological polar surface area (TPSA) is 41.0 Å². The largest absolute Gasteiger partial charge is 0.310 e. The first-order chi connectivity index (χ1) is 7.22. The molecule has 0 saturated heterocycles. The van der Waals surface area contributed by atoms with Gasteiger partial charge in [0.25, 0.3) is 0 Å². The first-order valence-corrected chi connectivity index (χ1v) is 5.39. The number of likely N-dealkylation sites (N-methyl/N-ethyl adjacent to an activating group) is 1. The molecule has 15 heavy (non-hydrogen) atoms. The third-order valence-corrected chi connectivity index (χ3v) is 2.35. The molecule has 84 valence electrons. The van der Waals surface area contributed by atoms with Gasteiger partial charge in [0.15, 0.2) is 0 Å². The van der Waals surface area contributed by atoms with Crippen LogP contribution in [0.3, 0.4) is 0 Å². The molecule has 0 amide bonds. The molecule has 4 nitrogen and oxygen atoms in total. The minimum absolute atomic E-state index is 0.796. The van der Waals surface area contributed by atoms with Crippen LogP contribution in [0.5, 0.6) is 0 Å². The van der Waals surface area contributed by atoms with Crippen LogP contribution >= 0.6 is 0 Å². The van der Waals surface area contributed by atoms with Gasteiger partial charge in [0.05, 0.1) is 11.4 Å². The van der Waals surface area contributed by atoms with Gasteiger partial charge >= 0.3 is 0 Å². The van der Waals surface area contributed by atoms with Gasteiger partial charge in [-0.25, -0.2) is 0 Å². The molecule has 0 fully saturated rings. The van der Waals surface area contributed by atoms with Gasteiger partial charge in [-0.3, -0.25) is 9.97 Å². The van der Waals surface area contributed by atoms with Crippen LogP contribution in [0.25, 0.3) is 0 Å². The second-order valence-electron chi connectivity index (χ2n) is 3.72. The zero-order valence-corrected chi connectivity index (χ0v) is 9.82. The molecule has 0 atom stereocenters. The van der Waals surface area contributed by atoms with Crippen molar-refractivity contribution in [3.05, 3.63) is 23.8 Å². The summed E-state index contributed by atoms with van der Waals surface area (Å²) in [6.07, 6.45) is 3.63. The Kier molecular flexibility index (Phi) is 5.21. The maximum atomic E-state index is 4.28. The summed E-state index contributed by atoms with van der Waals surface area (Å²) in [5, 5.41) is 3.34. The molecule has 0 saturated carbocycles. The van der Waals surface area contributed by atoms with Crippen molar-refractivity contribution in [1.82, 2.24) is 20.2 Å². The monoisotopic (exact) mass is 208 g/mol. The molecule has 0 spiro atoms. The summed E-state index contributed by atoms with van der Waals surface area (Å²) in [5.41, 5.74) is 1.96. The van der Waals surface area contributed by atoms with Crippen LogP contribution in [0, 0.1) is 6.92 Å². The quantitative estimate of drug-likeness (QED) is 0.703. The average Bonchev–Trinajstić information content (AvgIpc) is 2.26. The number of nitrogens with zero attached hydrogens (tertiary/aromatic N) is 3. The second kappa shape index (κ2) is 6.48. The van der Waals surface area contributed by atoms with Crippen LogP contribution in [0.15, 0.2) is 12.4 Å². The lowest BCUT2D eigenvalue weighted by molar-refractivity contribution is 0.348. The summed E-state index contributed by atoms with van der Waals surface area (Å²) in [5.74, 6) is 0. The highest BCUT2D eigenvalue weighted by Gasteiger charge is 1.96. The maximum absolute atomic E-state index is 4.28. The van der Waals surface area contributed by atoms with Crippen molar-refractivity contribution in [2.45, 2.75) is 20.4 Å². The summed E-state index contributed by atoms with van der Waals surface area (Å²) in [7, 11) is 2.12. The molecule has 1 aromatic rings. The number of hydrogen-bond acceptors (Lipinski definition) is 4. The molecular formula is C11H20N4. The van der Waals surface area contributed by atoms with Gasteiger partial charge in [0.2, 0.25) is 0 Å². The van der Waals surface area contributed by atoms with E-state index in [9.17, 15) is 0 Å². The summed E-state index contributed by atoms with van der Waals surface area (Å²) in [4.78, 5) is 10.7. The summed E-state index contributed by atoms with van der Waals surface area (Å²) in [6.45, 7) is 8.04. The van der Waals surface area contributed by atoms with Crippen molar-refractivity contribution < 1.29 is 0 Å². The van der Waals surface area contributed by atoms with Gasteiger partial charge in [-0.1, -0.05) is 6.92 Å². The highest BCUT2D eigenvalue weighted by Crippen LogP contribution is 1.92. The predicted molar refractivity (Wildman–Crippen MR) is 61.6 cm³/mol. The SMILES string of the molecule is CCN(C)CCNCc1cnc(C)cn1. The van der Waals surface area contributed by atoms with E-state index in [0.717, 1.165) is 37.6 Å². The number of hydrogen-bond donors (Lipinski definition) is 1. The van der Waals surface area contributed by atoms with E-state index in [1.807, 2.05) is 13.1 Å². The van der Waals surface area contributed by atoms with Crippen LogP contribution in [0.1, 0.15) is 18.3 Å². The molecule has 0 aliphatic carbocycles. The Morgan fingerprint density at radius 1 is 1.33 bits per heavy atom. The summed E-state index contributed by atoms with van der Waals surface area (Å²) >= 11 is 0. The van der Waals surface area contributed by atoms with Crippen LogP contribution in [0.4, 0.5) is 0 Å². The Labute approximate surface area is 91.7 Å². The molecule has 0 radical (unpaired) electrons. The van der Waals surface area contributed by atoms with Gasteiger partial charge in [-0.05, 0) is 20.5 Å². The molecule has 1 heterocycles. The maximum Gasteiger partial charge on any atom is 0.0724 e. The van der Waals surface area contributed by atoms with E-state index in [1.54, 1.807) is 6.20 Å². The highest BCUT2D eigenvalue weighted by atomic mass is 15.1. The van der Waals surface area contributed by atoms with E-state index in [4.69, 9.17) is 0 Å². The number of aryl methyl sites for hydroxylation is 1. The summed E-state index contributed by atoms with van der Waals surface area (Å²) in [6, 6.07) is 0. The molecule has 0 aromatic carbocycles. The van der Waals surface area contributed by atoms with Gasteiger partial charge < -0.3 is 10.2 Å². The third-order valence-electron chi connectivity index (χ3n) is 2.35. The van der Waals surface area contributed by atoms with E-state index in [1.165, 1.54) is 0 Å². The number of nitrogens with one attached hydrogen (secondary N) is 1. The van der Waals surface area contributed by atoms with E-state index < -0.39 is 0 Å². The molecule has 0 aliphatic heterocycles. The highest BCUT2D eigenvalue weighted by molar-refractivity contribution is 5.00. The third kappa shape index (κ3) is 4.85. The van der Waals surface area contributed by atoms with Crippen LogP contribution < -0.4 is 5.32 Å². The predicted octanol–water partition coefficient (Wildman–Crippen LogP) is 0.826. The number of aromatic nitrogens is 2. The Morgan fingerprint density at radius 2 is 2.13 bits per heavy atom. The van der Waals surface area contributed by atoms with E-state index in [-0.39, 0.29) is 0 Å². The van der Waals surface area contributed by atoms with E-state index in [2.05, 4.69) is 34.2 Å². The van der Waals surface area contributed by atoms with Crippen LogP contribution in [-0.2, 0) is 6.54 Å². The zero-order chi connectivity index (χ0) is 11.1. The van der Waals surface area contributed by atoms with Crippen molar-refractivity contribution in [2.75, 3.05) is 26.7 Å². The molecule has 0 unspecified atom stereocenters. The smallest absolute Gasteiger partial charge is 0.0724 e. The van der Waals surface area contributed by atoms with Crippen LogP contribution in [0.2, 0.25) is 0 Å². The normalized spacial score (nSPS) is 10.9. The number of rotatable bonds is 6. The van der Waals surface area contributed by atoms with Gasteiger partial charge in [0.1, 0.15) is 0 Å². The van der Waals surface area contributed by atoms with Gasteiger partial charge in [-0.15, -0.1) is 0 Å². The lowest BCUT2D eigenvalue weighted by Gasteiger charge is -2.13. The summed E-state index contributed by atoms with van der Waals surface area (Å²) < 4.78 is 0. The minimum atomic E-state index is 0.796. The first-order valence-electron chi connectivity index (χ1n) is 5.39. The Morgan fingerprint density at radius 3 is 2.73 bits per heavy atom. The van der Waals surface area contributed by atoms with E-state index >= 15 is 0 Å². The lowest BCUT2D eigenvalue weighted by atomic mass is 10.4. The van der Waals surface area contributed by atoms with Crippen molar-refractivity contribution in [1.29, 1.82) is 0 Å². The molecule has 1 N–H and O–H groups in total. The lowest BCUT2D eigenvalue weighted by Crippen LogP contribution is -2.29. The molecule has 4 heteroatoms. The second-order valence-corrected chi connectivity index (χ2v) is 3.72. The van der Waals surface area contributed by atoms with Gasteiger partial charge in [0, 0.05) is 32.0 Å². The Balaban J connectivity index is 2.17. The molecular weight excluding hydrogens is 188 g/mol. The van der Waals surface area contributed by atoms with Crippen molar-refractivity contribution in [3.63, 3.8) is 0 Å². The fraction of sp³-hybridized carbons (Fsp3) is 0.636. The Bertz CT molecular complexity index is 270. The van der Waals surface area contributed by atoms with Crippen molar-refractivity contribution >= 4 is 0 Å².